The first-order valence-corrected chi connectivity index (χ1v) is 6.24. The molecular formula is C12H23NO2. The molecule has 0 bridgehead atoms. The molecule has 1 N–H and O–H groups in total. The molecule has 2 rings (SSSR count). The average molecular weight is 213 g/mol. The minimum Gasteiger partial charge on any atom is -0.393 e. The van der Waals surface area contributed by atoms with Crippen LogP contribution in [0.1, 0.15) is 26.2 Å². The van der Waals surface area contributed by atoms with Crippen molar-refractivity contribution in [2.75, 3.05) is 32.8 Å². The van der Waals surface area contributed by atoms with Gasteiger partial charge in [0, 0.05) is 19.7 Å². The van der Waals surface area contributed by atoms with E-state index < -0.39 is 0 Å². The number of aliphatic hydroxyl groups excluding tert-OH is 1. The first-order chi connectivity index (χ1) is 7.25. The van der Waals surface area contributed by atoms with Gasteiger partial charge in [-0.25, -0.2) is 0 Å². The zero-order chi connectivity index (χ0) is 10.7. The first-order valence-electron chi connectivity index (χ1n) is 6.24. The fraction of sp³-hybridized carbons (Fsp3) is 1.00. The molecule has 3 heteroatoms. The van der Waals surface area contributed by atoms with E-state index >= 15 is 0 Å². The molecule has 2 aliphatic heterocycles. The summed E-state index contributed by atoms with van der Waals surface area (Å²) in [4.78, 5) is 2.51. The largest absolute Gasteiger partial charge is 0.393 e. The molecule has 2 heterocycles. The van der Waals surface area contributed by atoms with E-state index in [1.54, 1.807) is 0 Å². The quantitative estimate of drug-likeness (QED) is 0.762. The van der Waals surface area contributed by atoms with Gasteiger partial charge in [-0.1, -0.05) is 0 Å². The summed E-state index contributed by atoms with van der Waals surface area (Å²) in [6.45, 7) is 7.26. The highest BCUT2D eigenvalue weighted by molar-refractivity contribution is 4.78. The Hall–Kier alpha value is -0.120. The number of likely N-dealkylation sites (tertiary alicyclic amines) is 1. The maximum atomic E-state index is 9.60. The lowest BCUT2D eigenvalue weighted by molar-refractivity contribution is 0.0551. The summed E-state index contributed by atoms with van der Waals surface area (Å²) in [5, 5.41) is 9.60. The highest BCUT2D eigenvalue weighted by Gasteiger charge is 2.26. The van der Waals surface area contributed by atoms with E-state index in [4.69, 9.17) is 4.74 Å². The van der Waals surface area contributed by atoms with Crippen molar-refractivity contribution >= 4 is 0 Å². The lowest BCUT2D eigenvalue weighted by atomic mass is 9.92. The minimum atomic E-state index is -0.146. The van der Waals surface area contributed by atoms with Crippen LogP contribution < -0.4 is 0 Å². The SMILES string of the molecule is C[C@H](O)[C@@H]1CCCN(C[C@@H]2CCOC2)C1. The van der Waals surface area contributed by atoms with Crippen LogP contribution in [0.5, 0.6) is 0 Å². The van der Waals surface area contributed by atoms with Crippen LogP contribution in [0.2, 0.25) is 0 Å². The minimum absolute atomic E-state index is 0.146. The predicted octanol–water partition coefficient (Wildman–Crippen LogP) is 1.12. The molecule has 0 saturated carbocycles. The molecule has 0 aromatic carbocycles. The van der Waals surface area contributed by atoms with Crippen LogP contribution >= 0.6 is 0 Å². The Morgan fingerprint density at radius 1 is 1.47 bits per heavy atom. The van der Waals surface area contributed by atoms with Crippen molar-refractivity contribution in [1.29, 1.82) is 0 Å². The number of hydrogen-bond acceptors (Lipinski definition) is 3. The van der Waals surface area contributed by atoms with Gasteiger partial charge in [0.05, 0.1) is 12.7 Å². The zero-order valence-electron chi connectivity index (χ0n) is 9.69. The zero-order valence-corrected chi connectivity index (χ0v) is 9.69. The van der Waals surface area contributed by atoms with Crippen molar-refractivity contribution < 1.29 is 9.84 Å². The van der Waals surface area contributed by atoms with Crippen LogP contribution in [0.15, 0.2) is 0 Å². The Balaban J connectivity index is 1.76. The van der Waals surface area contributed by atoms with E-state index in [9.17, 15) is 5.11 Å². The van der Waals surface area contributed by atoms with Crippen LogP contribution in [0.3, 0.4) is 0 Å². The second kappa shape index (κ2) is 5.28. The topological polar surface area (TPSA) is 32.7 Å². The molecule has 88 valence electrons. The molecule has 0 unspecified atom stereocenters. The van der Waals surface area contributed by atoms with Crippen molar-refractivity contribution in [2.24, 2.45) is 11.8 Å². The van der Waals surface area contributed by atoms with Gasteiger partial charge in [0.1, 0.15) is 0 Å². The third-order valence-corrected chi connectivity index (χ3v) is 3.76. The third-order valence-electron chi connectivity index (χ3n) is 3.76. The Kier molecular flexibility index (Phi) is 4.00. The van der Waals surface area contributed by atoms with Crippen molar-refractivity contribution in [3.63, 3.8) is 0 Å². The van der Waals surface area contributed by atoms with Crippen LogP contribution in [0.4, 0.5) is 0 Å². The van der Waals surface area contributed by atoms with Crippen LogP contribution in [0, 0.1) is 11.8 Å². The van der Waals surface area contributed by atoms with Gasteiger partial charge in [0.25, 0.3) is 0 Å². The maximum Gasteiger partial charge on any atom is 0.0552 e. The predicted molar refractivity (Wildman–Crippen MR) is 59.8 cm³/mol. The van der Waals surface area contributed by atoms with Crippen molar-refractivity contribution in [3.8, 4) is 0 Å². The van der Waals surface area contributed by atoms with Gasteiger partial charge in [-0.05, 0) is 44.6 Å². The van der Waals surface area contributed by atoms with Crippen LogP contribution in [0.25, 0.3) is 0 Å². The molecule has 15 heavy (non-hydrogen) atoms. The Morgan fingerprint density at radius 3 is 3.00 bits per heavy atom. The molecular weight excluding hydrogens is 190 g/mol. The standard InChI is InChI=1S/C12H23NO2/c1-10(14)12-3-2-5-13(8-12)7-11-4-6-15-9-11/h10-12,14H,2-9H2,1H3/t10-,11-,12+/m0/s1. The summed E-state index contributed by atoms with van der Waals surface area (Å²) < 4.78 is 5.40. The maximum absolute atomic E-state index is 9.60. The highest BCUT2D eigenvalue weighted by Crippen LogP contribution is 2.22. The summed E-state index contributed by atoms with van der Waals surface area (Å²) in [5.74, 6) is 1.22. The Labute approximate surface area is 92.4 Å². The van der Waals surface area contributed by atoms with Gasteiger partial charge in [0.15, 0.2) is 0 Å². The van der Waals surface area contributed by atoms with Gasteiger partial charge in [0.2, 0.25) is 0 Å². The molecule has 0 radical (unpaired) electrons. The van der Waals surface area contributed by atoms with Crippen molar-refractivity contribution in [1.82, 2.24) is 4.90 Å². The fourth-order valence-corrected chi connectivity index (χ4v) is 2.74. The van der Waals surface area contributed by atoms with Crippen molar-refractivity contribution in [2.45, 2.75) is 32.3 Å². The summed E-state index contributed by atoms with van der Waals surface area (Å²) in [5.41, 5.74) is 0. The van der Waals surface area contributed by atoms with E-state index in [1.165, 1.54) is 32.4 Å². The van der Waals surface area contributed by atoms with E-state index in [2.05, 4.69) is 4.90 Å². The normalized spacial score (nSPS) is 35.6. The number of rotatable bonds is 3. The van der Waals surface area contributed by atoms with E-state index in [0.717, 1.165) is 25.7 Å². The fourth-order valence-electron chi connectivity index (χ4n) is 2.74. The second-order valence-corrected chi connectivity index (χ2v) is 5.13. The monoisotopic (exact) mass is 213 g/mol. The second-order valence-electron chi connectivity index (χ2n) is 5.13. The van der Waals surface area contributed by atoms with Gasteiger partial charge >= 0.3 is 0 Å². The molecule has 2 saturated heterocycles. The molecule has 0 amide bonds. The lowest BCUT2D eigenvalue weighted by Gasteiger charge is -2.35. The molecule has 0 spiro atoms. The highest BCUT2D eigenvalue weighted by atomic mass is 16.5. The van der Waals surface area contributed by atoms with Crippen LogP contribution in [-0.2, 0) is 4.74 Å². The molecule has 0 aliphatic carbocycles. The van der Waals surface area contributed by atoms with E-state index in [-0.39, 0.29) is 6.10 Å². The summed E-state index contributed by atoms with van der Waals surface area (Å²) >= 11 is 0. The smallest absolute Gasteiger partial charge is 0.0552 e. The number of aliphatic hydroxyl groups is 1. The van der Waals surface area contributed by atoms with Gasteiger partial charge in [-0.3, -0.25) is 0 Å². The number of ether oxygens (including phenoxy) is 1. The third kappa shape index (κ3) is 3.16. The molecule has 2 fully saturated rings. The summed E-state index contributed by atoms with van der Waals surface area (Å²) in [6.07, 6.45) is 3.50. The molecule has 3 nitrogen and oxygen atoms in total. The van der Waals surface area contributed by atoms with Crippen molar-refractivity contribution in [3.05, 3.63) is 0 Å². The van der Waals surface area contributed by atoms with E-state index in [1.807, 2.05) is 6.92 Å². The lowest BCUT2D eigenvalue weighted by Crippen LogP contribution is -2.41. The average Bonchev–Trinajstić information content (AvgIpc) is 2.71. The molecule has 0 aromatic rings. The Morgan fingerprint density at radius 2 is 2.33 bits per heavy atom. The number of hydrogen-bond donors (Lipinski definition) is 1. The van der Waals surface area contributed by atoms with Gasteiger partial charge in [-0.15, -0.1) is 0 Å². The van der Waals surface area contributed by atoms with E-state index in [0.29, 0.717) is 5.92 Å². The molecule has 3 atom stereocenters. The van der Waals surface area contributed by atoms with Crippen LogP contribution in [-0.4, -0.2) is 49.0 Å². The summed E-state index contributed by atoms with van der Waals surface area (Å²) in [6, 6.07) is 0. The first kappa shape index (κ1) is 11.4. The number of piperidine rings is 1. The van der Waals surface area contributed by atoms with Gasteiger partial charge < -0.3 is 14.7 Å². The summed E-state index contributed by atoms with van der Waals surface area (Å²) in [7, 11) is 0. The van der Waals surface area contributed by atoms with Gasteiger partial charge in [-0.2, -0.15) is 0 Å². The number of nitrogens with zero attached hydrogens (tertiary/aromatic N) is 1. The molecule has 0 aromatic heterocycles. The molecule has 2 aliphatic rings. The Bertz CT molecular complexity index is 188.